The van der Waals surface area contributed by atoms with Crippen LogP contribution in [-0.2, 0) is 14.9 Å². The van der Waals surface area contributed by atoms with Crippen molar-refractivity contribution < 1.29 is 9.53 Å². The summed E-state index contributed by atoms with van der Waals surface area (Å²) < 4.78 is 4.91. The van der Waals surface area contributed by atoms with Gasteiger partial charge in [0, 0.05) is 30.6 Å². The molecule has 0 heterocycles. The Bertz CT molecular complexity index is 465. The van der Waals surface area contributed by atoms with Crippen molar-refractivity contribution in [2.75, 3.05) is 33.4 Å². The van der Waals surface area contributed by atoms with Gasteiger partial charge in [-0.3, -0.25) is 4.79 Å². The van der Waals surface area contributed by atoms with Gasteiger partial charge in [-0.25, -0.2) is 0 Å². The lowest BCUT2D eigenvalue weighted by molar-refractivity contribution is -0.120. The smallest absolute Gasteiger partial charge is 0.233 e. The van der Waals surface area contributed by atoms with E-state index in [4.69, 9.17) is 16.3 Å². The highest BCUT2D eigenvalue weighted by Gasteiger charge is 2.44. The number of halogens is 2. The monoisotopic (exact) mass is 332 g/mol. The molecule has 0 saturated heterocycles. The topological polar surface area (TPSA) is 50.4 Å². The van der Waals surface area contributed by atoms with Crippen LogP contribution in [0.2, 0.25) is 5.02 Å². The van der Waals surface area contributed by atoms with E-state index in [1.165, 1.54) is 5.56 Å². The number of ether oxygens (including phenoxy) is 1. The molecule has 0 radical (unpaired) electrons. The van der Waals surface area contributed by atoms with Crippen molar-refractivity contribution in [3.63, 3.8) is 0 Å². The van der Waals surface area contributed by atoms with Gasteiger partial charge in [0.15, 0.2) is 0 Å². The van der Waals surface area contributed by atoms with Crippen molar-refractivity contribution in [1.29, 1.82) is 0 Å². The fourth-order valence-electron chi connectivity index (χ4n) is 2.24. The Balaban J connectivity index is 0.00000220. The van der Waals surface area contributed by atoms with E-state index in [-0.39, 0.29) is 23.7 Å². The van der Waals surface area contributed by atoms with E-state index >= 15 is 0 Å². The van der Waals surface area contributed by atoms with Crippen molar-refractivity contribution in [1.82, 2.24) is 10.6 Å². The highest BCUT2D eigenvalue weighted by atomic mass is 35.5. The summed E-state index contributed by atoms with van der Waals surface area (Å²) in [5, 5.41) is 6.78. The molecule has 1 saturated carbocycles. The maximum Gasteiger partial charge on any atom is 0.233 e. The molecule has 0 atom stereocenters. The molecule has 0 unspecified atom stereocenters. The molecule has 1 aromatic carbocycles. The third-order valence-corrected chi connectivity index (χ3v) is 3.92. The van der Waals surface area contributed by atoms with Crippen LogP contribution >= 0.6 is 24.0 Å². The Hall–Kier alpha value is -0.810. The van der Waals surface area contributed by atoms with E-state index in [0.717, 1.165) is 17.9 Å². The van der Waals surface area contributed by atoms with Crippen LogP contribution in [0.5, 0.6) is 0 Å². The molecule has 1 fully saturated rings. The maximum atomic E-state index is 11.7. The lowest BCUT2D eigenvalue weighted by Gasteiger charge is -2.17. The third kappa shape index (κ3) is 5.47. The lowest BCUT2D eigenvalue weighted by atomic mass is 9.96. The van der Waals surface area contributed by atoms with E-state index in [2.05, 4.69) is 16.7 Å². The largest absolute Gasteiger partial charge is 0.383 e. The maximum absolute atomic E-state index is 11.7. The second-order valence-electron chi connectivity index (χ2n) is 5.24. The van der Waals surface area contributed by atoms with Crippen molar-refractivity contribution in [3.8, 4) is 0 Å². The van der Waals surface area contributed by atoms with Gasteiger partial charge in [-0.15, -0.1) is 12.4 Å². The summed E-state index contributed by atoms with van der Waals surface area (Å²) >= 11 is 6.03. The summed E-state index contributed by atoms with van der Waals surface area (Å²) in [4.78, 5) is 11.7. The van der Waals surface area contributed by atoms with Crippen molar-refractivity contribution in [2.24, 2.45) is 0 Å². The van der Waals surface area contributed by atoms with Crippen LogP contribution < -0.4 is 10.6 Å². The van der Waals surface area contributed by atoms with Crippen LogP contribution in [0.25, 0.3) is 0 Å². The van der Waals surface area contributed by atoms with E-state index in [1.807, 2.05) is 18.2 Å². The highest BCUT2D eigenvalue weighted by molar-refractivity contribution is 6.30. The molecule has 0 aliphatic heterocycles. The minimum absolute atomic E-state index is 0. The second kappa shape index (κ2) is 8.59. The molecule has 1 aromatic rings. The molecule has 2 rings (SSSR count). The second-order valence-corrected chi connectivity index (χ2v) is 5.67. The fourth-order valence-corrected chi connectivity index (χ4v) is 2.43. The molecule has 1 amide bonds. The molecule has 0 aromatic heterocycles. The SMILES string of the molecule is COCCNCC(=O)NCC1(c2cccc(Cl)c2)CC1.Cl. The minimum Gasteiger partial charge on any atom is -0.383 e. The summed E-state index contributed by atoms with van der Waals surface area (Å²) in [6.45, 7) is 2.30. The molecule has 2 N–H and O–H groups in total. The van der Waals surface area contributed by atoms with Crippen LogP contribution in [-0.4, -0.2) is 39.3 Å². The predicted molar refractivity (Wildman–Crippen MR) is 87.4 cm³/mol. The number of hydrogen-bond donors (Lipinski definition) is 2. The van der Waals surface area contributed by atoms with Gasteiger partial charge in [-0.2, -0.15) is 0 Å². The van der Waals surface area contributed by atoms with Crippen LogP contribution in [0.1, 0.15) is 18.4 Å². The van der Waals surface area contributed by atoms with E-state index in [0.29, 0.717) is 26.2 Å². The zero-order valence-electron chi connectivity index (χ0n) is 12.2. The first-order chi connectivity index (χ1) is 9.66. The first-order valence-corrected chi connectivity index (χ1v) is 7.26. The Morgan fingerprint density at radius 1 is 1.43 bits per heavy atom. The van der Waals surface area contributed by atoms with Gasteiger partial charge >= 0.3 is 0 Å². The first-order valence-electron chi connectivity index (χ1n) is 6.89. The number of nitrogens with one attached hydrogen (secondary N) is 2. The molecule has 1 aliphatic carbocycles. The third-order valence-electron chi connectivity index (χ3n) is 3.68. The van der Waals surface area contributed by atoms with Gasteiger partial charge in [0.05, 0.1) is 13.2 Å². The van der Waals surface area contributed by atoms with Crippen LogP contribution in [0.3, 0.4) is 0 Å². The molecule has 6 heteroatoms. The van der Waals surface area contributed by atoms with Gasteiger partial charge in [-0.05, 0) is 30.5 Å². The molecule has 1 aliphatic rings. The van der Waals surface area contributed by atoms with Crippen LogP contribution in [0.15, 0.2) is 24.3 Å². The van der Waals surface area contributed by atoms with Crippen LogP contribution in [0, 0.1) is 0 Å². The summed E-state index contributed by atoms with van der Waals surface area (Å²) in [7, 11) is 1.64. The molecule has 21 heavy (non-hydrogen) atoms. The Labute approximate surface area is 137 Å². The predicted octanol–water partition coefficient (Wildman–Crippen LogP) is 2.15. The zero-order valence-corrected chi connectivity index (χ0v) is 13.7. The molecule has 118 valence electrons. The molecule has 0 spiro atoms. The Kier molecular flexibility index (Phi) is 7.46. The lowest BCUT2D eigenvalue weighted by Crippen LogP contribution is -2.39. The fraction of sp³-hybridized carbons (Fsp3) is 0.533. The summed E-state index contributed by atoms with van der Waals surface area (Å²) in [5.74, 6) is 0.0226. The number of carbonyl (C=O) groups excluding carboxylic acids is 1. The van der Waals surface area contributed by atoms with Gasteiger partial charge in [0.1, 0.15) is 0 Å². The number of benzene rings is 1. The standard InChI is InChI=1S/C15H21ClN2O2.ClH/c1-20-8-7-17-10-14(19)18-11-15(5-6-15)12-3-2-4-13(16)9-12;/h2-4,9,17H,5-8,10-11H2,1H3,(H,18,19);1H. The zero-order chi connectivity index (χ0) is 14.4. The van der Waals surface area contributed by atoms with Gasteiger partial charge in [0.25, 0.3) is 0 Å². The van der Waals surface area contributed by atoms with E-state index in [1.54, 1.807) is 7.11 Å². The molecule has 4 nitrogen and oxygen atoms in total. The molecular formula is C15H22Cl2N2O2. The number of hydrogen-bond acceptors (Lipinski definition) is 3. The quantitative estimate of drug-likeness (QED) is 0.717. The Morgan fingerprint density at radius 2 is 2.19 bits per heavy atom. The number of rotatable bonds is 8. The average molecular weight is 333 g/mol. The molecule has 0 bridgehead atoms. The van der Waals surface area contributed by atoms with E-state index < -0.39 is 0 Å². The van der Waals surface area contributed by atoms with Crippen molar-refractivity contribution in [2.45, 2.75) is 18.3 Å². The molecular weight excluding hydrogens is 311 g/mol. The van der Waals surface area contributed by atoms with Gasteiger partial charge in [0.2, 0.25) is 5.91 Å². The minimum atomic E-state index is 0. The normalized spacial score (nSPS) is 15.1. The van der Waals surface area contributed by atoms with Gasteiger partial charge in [-0.1, -0.05) is 23.7 Å². The van der Waals surface area contributed by atoms with E-state index in [9.17, 15) is 4.79 Å². The summed E-state index contributed by atoms with van der Waals surface area (Å²) in [5.41, 5.74) is 1.31. The van der Waals surface area contributed by atoms with Gasteiger partial charge < -0.3 is 15.4 Å². The number of carbonyl (C=O) groups is 1. The number of methoxy groups -OCH3 is 1. The van der Waals surface area contributed by atoms with Crippen molar-refractivity contribution >= 4 is 29.9 Å². The Morgan fingerprint density at radius 3 is 2.81 bits per heavy atom. The van der Waals surface area contributed by atoms with Crippen LogP contribution in [0.4, 0.5) is 0 Å². The highest BCUT2D eigenvalue weighted by Crippen LogP contribution is 2.48. The summed E-state index contributed by atoms with van der Waals surface area (Å²) in [6, 6.07) is 7.92. The number of amides is 1. The summed E-state index contributed by atoms with van der Waals surface area (Å²) in [6.07, 6.45) is 2.20. The average Bonchev–Trinajstić information content (AvgIpc) is 3.23. The first kappa shape index (κ1) is 18.2. The van der Waals surface area contributed by atoms with Crippen molar-refractivity contribution in [3.05, 3.63) is 34.9 Å².